The van der Waals surface area contributed by atoms with E-state index in [2.05, 4.69) is 31.4 Å². The van der Waals surface area contributed by atoms with Crippen LogP contribution >= 0.6 is 0 Å². The minimum Gasteiger partial charge on any atom is -0.345 e. The first-order valence-corrected chi connectivity index (χ1v) is 7.80. The van der Waals surface area contributed by atoms with E-state index in [1.807, 2.05) is 22.7 Å². The van der Waals surface area contributed by atoms with Gasteiger partial charge in [-0.2, -0.15) is 0 Å². The summed E-state index contributed by atoms with van der Waals surface area (Å²) in [5.41, 5.74) is 1.28. The molecule has 1 aliphatic rings. The average molecular weight is 277 g/mol. The topological polar surface area (TPSA) is 37.3 Å². The molecule has 1 atom stereocenters. The van der Waals surface area contributed by atoms with E-state index in [-0.39, 0.29) is 5.91 Å². The lowest BCUT2D eigenvalue weighted by Crippen LogP contribution is -2.31. The Morgan fingerprint density at radius 3 is 2.85 bits per heavy atom. The highest BCUT2D eigenvalue weighted by molar-refractivity contribution is 5.76. The van der Waals surface area contributed by atoms with Gasteiger partial charge in [0.15, 0.2) is 0 Å². The summed E-state index contributed by atoms with van der Waals surface area (Å²) in [4.78, 5) is 14.0. The van der Waals surface area contributed by atoms with E-state index in [1.165, 1.54) is 5.56 Å². The third-order valence-electron chi connectivity index (χ3n) is 4.03. The molecule has 1 heterocycles. The maximum Gasteiger partial charge on any atom is 0.242 e. The van der Waals surface area contributed by atoms with Crippen molar-refractivity contribution in [2.24, 2.45) is 0 Å². The summed E-state index contributed by atoms with van der Waals surface area (Å²) >= 11 is 0. The normalized spacial score (nSPS) is 16.1. The fourth-order valence-electron chi connectivity index (χ4n) is 2.51. The molecule has 0 spiro atoms. The molecular formula is C16H27N3O. The zero-order chi connectivity index (χ0) is 14.5. The predicted octanol–water partition coefficient (Wildman–Crippen LogP) is 2.56. The molecule has 1 saturated carbocycles. The summed E-state index contributed by atoms with van der Waals surface area (Å²) in [7, 11) is 1.92. The Bertz CT molecular complexity index is 437. The van der Waals surface area contributed by atoms with E-state index in [0.29, 0.717) is 18.6 Å². The van der Waals surface area contributed by atoms with Crippen molar-refractivity contribution in [3.63, 3.8) is 0 Å². The number of aromatic nitrogens is 1. The Hall–Kier alpha value is -1.29. The summed E-state index contributed by atoms with van der Waals surface area (Å²) < 4.78 is 2.01. The van der Waals surface area contributed by atoms with E-state index in [4.69, 9.17) is 0 Å². The van der Waals surface area contributed by atoms with Crippen LogP contribution in [0.5, 0.6) is 0 Å². The van der Waals surface area contributed by atoms with Crippen molar-refractivity contribution >= 4 is 5.91 Å². The highest BCUT2D eigenvalue weighted by Gasteiger charge is 2.29. The molecule has 0 aliphatic heterocycles. The largest absolute Gasteiger partial charge is 0.345 e. The van der Waals surface area contributed by atoms with Gasteiger partial charge in [0.2, 0.25) is 5.91 Å². The van der Waals surface area contributed by atoms with Gasteiger partial charge in [0.25, 0.3) is 0 Å². The number of rotatable bonds is 8. The van der Waals surface area contributed by atoms with Gasteiger partial charge in [0, 0.05) is 31.5 Å². The monoisotopic (exact) mass is 277 g/mol. The molecule has 1 aliphatic carbocycles. The maximum absolute atomic E-state index is 12.1. The third kappa shape index (κ3) is 3.85. The third-order valence-corrected chi connectivity index (χ3v) is 4.03. The minimum absolute atomic E-state index is 0.212. The number of hydrogen-bond acceptors (Lipinski definition) is 2. The number of carbonyl (C=O) groups excluding carboxylic acids is 1. The van der Waals surface area contributed by atoms with E-state index in [0.717, 1.165) is 32.2 Å². The molecule has 0 bridgehead atoms. The summed E-state index contributed by atoms with van der Waals surface area (Å²) in [6, 6.07) is 3.01. The van der Waals surface area contributed by atoms with Crippen molar-refractivity contribution in [2.45, 2.75) is 58.2 Å². The van der Waals surface area contributed by atoms with Gasteiger partial charge in [-0.1, -0.05) is 13.8 Å². The summed E-state index contributed by atoms with van der Waals surface area (Å²) in [6.07, 6.45) is 8.66. The predicted molar refractivity (Wildman–Crippen MR) is 81.5 cm³/mol. The molecule has 20 heavy (non-hydrogen) atoms. The fourth-order valence-corrected chi connectivity index (χ4v) is 2.51. The van der Waals surface area contributed by atoms with Crippen LogP contribution in [-0.2, 0) is 11.3 Å². The number of carbonyl (C=O) groups is 1. The smallest absolute Gasteiger partial charge is 0.242 e. The van der Waals surface area contributed by atoms with Crippen molar-refractivity contribution in [1.29, 1.82) is 0 Å². The highest BCUT2D eigenvalue weighted by atomic mass is 16.2. The lowest BCUT2D eigenvalue weighted by molar-refractivity contribution is -0.131. The van der Waals surface area contributed by atoms with Crippen molar-refractivity contribution in [2.75, 3.05) is 13.6 Å². The van der Waals surface area contributed by atoms with Gasteiger partial charge in [-0.25, -0.2) is 0 Å². The molecule has 0 aromatic carbocycles. The molecule has 1 unspecified atom stereocenters. The minimum atomic E-state index is 0.212. The quantitative estimate of drug-likeness (QED) is 0.793. The SMILES string of the molecule is CCCNC(CC)c1ccn(CC(=O)N(C)C2CC2)c1. The van der Waals surface area contributed by atoms with Gasteiger partial charge >= 0.3 is 0 Å². The second-order valence-electron chi connectivity index (χ2n) is 5.77. The van der Waals surface area contributed by atoms with Gasteiger partial charge in [0.1, 0.15) is 6.54 Å². The molecule has 1 aromatic heterocycles. The molecule has 0 radical (unpaired) electrons. The Kier molecular flexibility index (Phi) is 5.24. The Morgan fingerprint density at radius 2 is 2.25 bits per heavy atom. The van der Waals surface area contributed by atoms with E-state index in [9.17, 15) is 4.79 Å². The van der Waals surface area contributed by atoms with Crippen LogP contribution in [0.3, 0.4) is 0 Å². The molecule has 1 N–H and O–H groups in total. The van der Waals surface area contributed by atoms with Crippen LogP contribution in [0.4, 0.5) is 0 Å². The number of likely N-dealkylation sites (N-methyl/N-ethyl adjacent to an activating group) is 1. The Labute approximate surface area is 122 Å². The fraction of sp³-hybridized carbons (Fsp3) is 0.688. The average Bonchev–Trinajstić information content (AvgIpc) is 3.20. The maximum atomic E-state index is 12.1. The van der Waals surface area contributed by atoms with Gasteiger partial charge in [-0.15, -0.1) is 0 Å². The first kappa shape index (κ1) is 15.1. The molecule has 4 nitrogen and oxygen atoms in total. The lowest BCUT2D eigenvalue weighted by atomic mass is 10.1. The lowest BCUT2D eigenvalue weighted by Gasteiger charge is -2.17. The number of hydrogen-bond donors (Lipinski definition) is 1. The van der Waals surface area contributed by atoms with Crippen molar-refractivity contribution in [3.05, 3.63) is 24.0 Å². The first-order chi connectivity index (χ1) is 9.65. The van der Waals surface area contributed by atoms with Crippen LogP contribution < -0.4 is 5.32 Å². The molecule has 2 rings (SSSR count). The van der Waals surface area contributed by atoms with Crippen molar-refractivity contribution in [3.8, 4) is 0 Å². The van der Waals surface area contributed by atoms with Gasteiger partial charge in [-0.05, 0) is 43.9 Å². The zero-order valence-corrected chi connectivity index (χ0v) is 12.9. The molecule has 1 amide bonds. The second-order valence-corrected chi connectivity index (χ2v) is 5.77. The molecule has 0 saturated heterocycles. The standard InChI is InChI=1S/C16H27N3O/c1-4-9-17-15(5-2)13-8-10-19(11-13)12-16(20)18(3)14-6-7-14/h8,10-11,14-15,17H,4-7,9,12H2,1-3H3. The number of nitrogens with one attached hydrogen (secondary N) is 1. The van der Waals surface area contributed by atoms with E-state index >= 15 is 0 Å². The van der Waals surface area contributed by atoms with Gasteiger partial charge in [0.05, 0.1) is 0 Å². The molecule has 4 heteroatoms. The molecule has 112 valence electrons. The van der Waals surface area contributed by atoms with Crippen LogP contribution in [0.2, 0.25) is 0 Å². The highest BCUT2D eigenvalue weighted by Crippen LogP contribution is 2.25. The summed E-state index contributed by atoms with van der Waals surface area (Å²) in [6.45, 7) is 5.86. The van der Waals surface area contributed by atoms with Crippen LogP contribution in [0, 0.1) is 0 Å². The Balaban J connectivity index is 1.91. The number of nitrogens with zero attached hydrogens (tertiary/aromatic N) is 2. The van der Waals surface area contributed by atoms with Crippen LogP contribution in [0.15, 0.2) is 18.5 Å². The van der Waals surface area contributed by atoms with Crippen LogP contribution in [0.25, 0.3) is 0 Å². The summed E-state index contributed by atoms with van der Waals surface area (Å²) in [5.74, 6) is 0.212. The van der Waals surface area contributed by atoms with E-state index < -0.39 is 0 Å². The summed E-state index contributed by atoms with van der Waals surface area (Å²) in [5, 5.41) is 3.54. The van der Waals surface area contributed by atoms with Crippen molar-refractivity contribution in [1.82, 2.24) is 14.8 Å². The molecule has 1 fully saturated rings. The zero-order valence-electron chi connectivity index (χ0n) is 12.9. The van der Waals surface area contributed by atoms with Gasteiger partial charge < -0.3 is 14.8 Å². The van der Waals surface area contributed by atoms with E-state index in [1.54, 1.807) is 0 Å². The Morgan fingerprint density at radius 1 is 1.50 bits per heavy atom. The van der Waals surface area contributed by atoms with Gasteiger partial charge in [-0.3, -0.25) is 4.79 Å². The molecule has 1 aromatic rings. The van der Waals surface area contributed by atoms with Crippen molar-refractivity contribution < 1.29 is 4.79 Å². The molecular weight excluding hydrogens is 250 g/mol. The number of amides is 1. The first-order valence-electron chi connectivity index (χ1n) is 7.80. The van der Waals surface area contributed by atoms with Crippen LogP contribution in [-0.4, -0.2) is 35.0 Å². The van der Waals surface area contributed by atoms with Crippen LogP contribution in [0.1, 0.15) is 51.1 Å². The second kappa shape index (κ2) is 6.93.